The van der Waals surface area contributed by atoms with Crippen molar-refractivity contribution in [2.75, 3.05) is 10.7 Å². The largest absolute Gasteiger partial charge is 0.372 e. The summed E-state index contributed by atoms with van der Waals surface area (Å²) in [5.74, 6) is 0.452. The van der Waals surface area contributed by atoms with E-state index in [9.17, 15) is 9.90 Å². The van der Waals surface area contributed by atoms with E-state index in [-0.39, 0.29) is 5.24 Å². The van der Waals surface area contributed by atoms with Crippen LogP contribution < -0.4 is 4.90 Å². The minimum absolute atomic E-state index is 0.0845. The van der Waals surface area contributed by atoms with E-state index >= 15 is 0 Å². The highest BCUT2D eigenvalue weighted by molar-refractivity contribution is 8.14. The summed E-state index contributed by atoms with van der Waals surface area (Å²) in [6, 6.07) is 9.19. The fourth-order valence-corrected chi connectivity index (χ4v) is 2.08. The van der Waals surface area contributed by atoms with Crippen LogP contribution in [0, 0.1) is 0 Å². The van der Waals surface area contributed by atoms with Gasteiger partial charge in [0, 0.05) is 11.4 Å². The molecule has 0 aliphatic carbocycles. The van der Waals surface area contributed by atoms with Crippen LogP contribution in [-0.2, 0) is 0 Å². The van der Waals surface area contributed by atoms with Crippen molar-refractivity contribution in [2.24, 2.45) is 0 Å². The van der Waals surface area contributed by atoms with Crippen molar-refractivity contribution in [3.05, 3.63) is 30.3 Å². The number of thioether (sulfide) groups is 1. The summed E-state index contributed by atoms with van der Waals surface area (Å²) < 4.78 is 0. The van der Waals surface area contributed by atoms with E-state index in [4.69, 9.17) is 0 Å². The third-order valence-electron chi connectivity index (χ3n) is 1.88. The second-order valence-electron chi connectivity index (χ2n) is 2.76. The first-order valence-electron chi connectivity index (χ1n) is 3.98. The minimum atomic E-state index is -0.681. The second kappa shape index (κ2) is 3.40. The van der Waals surface area contributed by atoms with E-state index in [1.807, 2.05) is 30.3 Å². The Kier molecular flexibility index (Phi) is 2.24. The number of nitrogens with zero attached hydrogens (tertiary/aromatic N) is 1. The van der Waals surface area contributed by atoms with E-state index in [2.05, 4.69) is 0 Å². The molecular weight excluding hydrogens is 186 g/mol. The zero-order valence-electron chi connectivity index (χ0n) is 6.88. The van der Waals surface area contributed by atoms with Crippen molar-refractivity contribution in [2.45, 2.75) is 6.23 Å². The van der Waals surface area contributed by atoms with Crippen LogP contribution in [0.2, 0.25) is 0 Å². The minimum Gasteiger partial charge on any atom is -0.372 e. The number of aliphatic hydroxyl groups is 1. The second-order valence-corrected chi connectivity index (χ2v) is 3.73. The Balaban J connectivity index is 2.30. The van der Waals surface area contributed by atoms with Crippen molar-refractivity contribution in [3.8, 4) is 0 Å². The Morgan fingerprint density at radius 2 is 2.08 bits per heavy atom. The highest BCUT2D eigenvalue weighted by atomic mass is 32.2. The molecular formula is C9H9NO2S. The third kappa shape index (κ3) is 1.55. The molecule has 1 aliphatic rings. The fourth-order valence-electron chi connectivity index (χ4n) is 1.28. The molecule has 1 aromatic carbocycles. The fraction of sp³-hybridized carbons (Fsp3) is 0.222. The molecule has 2 rings (SSSR count). The molecule has 0 spiro atoms. The van der Waals surface area contributed by atoms with Crippen molar-refractivity contribution in [1.82, 2.24) is 0 Å². The van der Waals surface area contributed by atoms with Crippen molar-refractivity contribution < 1.29 is 9.90 Å². The van der Waals surface area contributed by atoms with Gasteiger partial charge in [-0.25, -0.2) is 0 Å². The number of anilines is 1. The number of hydrogen-bond acceptors (Lipinski definition) is 3. The van der Waals surface area contributed by atoms with Gasteiger partial charge in [0.15, 0.2) is 0 Å². The lowest BCUT2D eigenvalue weighted by atomic mass is 10.3. The first-order chi connectivity index (χ1) is 6.29. The highest BCUT2D eigenvalue weighted by Gasteiger charge is 2.30. The molecule has 1 unspecified atom stereocenters. The van der Waals surface area contributed by atoms with Gasteiger partial charge in [-0.05, 0) is 12.1 Å². The number of aliphatic hydroxyl groups excluding tert-OH is 1. The Hall–Kier alpha value is -1.00. The van der Waals surface area contributed by atoms with E-state index in [0.29, 0.717) is 5.75 Å². The van der Waals surface area contributed by atoms with Crippen LogP contribution in [0.1, 0.15) is 0 Å². The first kappa shape index (κ1) is 8.59. The predicted molar refractivity (Wildman–Crippen MR) is 52.8 cm³/mol. The zero-order valence-corrected chi connectivity index (χ0v) is 7.70. The third-order valence-corrected chi connectivity index (χ3v) is 2.79. The molecule has 1 amide bonds. The zero-order chi connectivity index (χ0) is 9.26. The van der Waals surface area contributed by atoms with Gasteiger partial charge in [-0.1, -0.05) is 30.0 Å². The molecule has 0 aromatic heterocycles. The molecule has 3 nitrogen and oxygen atoms in total. The van der Waals surface area contributed by atoms with Crippen LogP contribution in [0.15, 0.2) is 30.3 Å². The maximum absolute atomic E-state index is 11.3. The summed E-state index contributed by atoms with van der Waals surface area (Å²) in [6.45, 7) is 0. The monoisotopic (exact) mass is 195 g/mol. The average Bonchev–Trinajstić information content (AvgIpc) is 2.48. The van der Waals surface area contributed by atoms with Crippen molar-refractivity contribution in [1.29, 1.82) is 0 Å². The normalized spacial score (nSPS) is 22.4. The molecule has 0 saturated carbocycles. The average molecular weight is 195 g/mol. The lowest BCUT2D eigenvalue weighted by molar-refractivity contribution is 0.200. The maximum Gasteiger partial charge on any atom is 0.288 e. The van der Waals surface area contributed by atoms with Gasteiger partial charge in [0.05, 0.1) is 0 Å². The summed E-state index contributed by atoms with van der Waals surface area (Å²) in [4.78, 5) is 12.7. The van der Waals surface area contributed by atoms with Crippen molar-refractivity contribution in [3.63, 3.8) is 0 Å². The molecule has 1 atom stereocenters. The molecule has 1 N–H and O–H groups in total. The smallest absolute Gasteiger partial charge is 0.288 e. The summed E-state index contributed by atoms with van der Waals surface area (Å²) in [6.07, 6.45) is -0.681. The standard InChI is InChI=1S/C9H9NO2S/c11-8-6-13-9(12)10(8)7-4-2-1-3-5-7/h1-5,8,11H,6H2. The quantitative estimate of drug-likeness (QED) is 0.741. The van der Waals surface area contributed by atoms with Crippen LogP contribution in [0.4, 0.5) is 10.5 Å². The SMILES string of the molecule is O=C1SCC(O)N1c1ccccc1. The molecule has 1 aliphatic heterocycles. The molecule has 13 heavy (non-hydrogen) atoms. The summed E-state index contributed by atoms with van der Waals surface area (Å²) in [5.41, 5.74) is 0.755. The Morgan fingerprint density at radius 3 is 2.62 bits per heavy atom. The van der Waals surface area contributed by atoms with Crippen LogP contribution in [0.25, 0.3) is 0 Å². The lowest BCUT2D eigenvalue weighted by Crippen LogP contribution is -2.32. The number of carbonyl (C=O) groups excluding carboxylic acids is 1. The Labute approximate surface area is 80.4 Å². The van der Waals surface area contributed by atoms with Crippen LogP contribution in [0.3, 0.4) is 0 Å². The van der Waals surface area contributed by atoms with E-state index in [0.717, 1.165) is 17.4 Å². The summed E-state index contributed by atoms with van der Waals surface area (Å²) in [5, 5.41) is 9.41. The summed E-state index contributed by atoms with van der Waals surface area (Å²) >= 11 is 1.15. The molecule has 0 bridgehead atoms. The Bertz CT molecular complexity index is 315. The van der Waals surface area contributed by atoms with Crippen LogP contribution in [-0.4, -0.2) is 22.3 Å². The molecule has 1 fully saturated rings. The van der Waals surface area contributed by atoms with Gasteiger partial charge in [0.2, 0.25) is 0 Å². The maximum atomic E-state index is 11.3. The van der Waals surface area contributed by atoms with Crippen LogP contribution in [0.5, 0.6) is 0 Å². The van der Waals surface area contributed by atoms with Gasteiger partial charge in [0.1, 0.15) is 6.23 Å². The molecule has 1 saturated heterocycles. The van der Waals surface area contributed by atoms with E-state index < -0.39 is 6.23 Å². The first-order valence-corrected chi connectivity index (χ1v) is 4.97. The van der Waals surface area contributed by atoms with Gasteiger partial charge in [-0.3, -0.25) is 9.69 Å². The topological polar surface area (TPSA) is 40.5 Å². The van der Waals surface area contributed by atoms with Gasteiger partial charge in [-0.2, -0.15) is 0 Å². The molecule has 1 aromatic rings. The number of carbonyl (C=O) groups is 1. The number of rotatable bonds is 1. The Morgan fingerprint density at radius 1 is 1.38 bits per heavy atom. The van der Waals surface area contributed by atoms with Gasteiger partial charge < -0.3 is 5.11 Å². The van der Waals surface area contributed by atoms with Gasteiger partial charge in [-0.15, -0.1) is 0 Å². The summed E-state index contributed by atoms with van der Waals surface area (Å²) in [7, 11) is 0. The lowest BCUT2D eigenvalue weighted by Gasteiger charge is -2.18. The number of amides is 1. The molecule has 68 valence electrons. The number of para-hydroxylation sites is 1. The van der Waals surface area contributed by atoms with Crippen LogP contribution >= 0.6 is 11.8 Å². The van der Waals surface area contributed by atoms with Crippen molar-refractivity contribution >= 4 is 22.7 Å². The van der Waals surface area contributed by atoms with E-state index in [1.165, 1.54) is 4.90 Å². The van der Waals surface area contributed by atoms with Gasteiger partial charge >= 0.3 is 0 Å². The molecule has 4 heteroatoms. The predicted octanol–water partition coefficient (Wildman–Crippen LogP) is 1.68. The number of hydrogen-bond donors (Lipinski definition) is 1. The molecule has 1 heterocycles. The molecule has 0 radical (unpaired) electrons. The number of benzene rings is 1. The highest BCUT2D eigenvalue weighted by Crippen LogP contribution is 2.28. The van der Waals surface area contributed by atoms with E-state index in [1.54, 1.807) is 0 Å². The van der Waals surface area contributed by atoms with Gasteiger partial charge in [0.25, 0.3) is 5.24 Å².